The molecule has 0 radical (unpaired) electrons. The van der Waals surface area contributed by atoms with Crippen molar-refractivity contribution in [3.8, 4) is 0 Å². The van der Waals surface area contributed by atoms with Crippen molar-refractivity contribution >= 4 is 11.7 Å². The summed E-state index contributed by atoms with van der Waals surface area (Å²) in [5.41, 5.74) is 3.70. The van der Waals surface area contributed by atoms with Crippen molar-refractivity contribution in [1.82, 2.24) is 14.7 Å². The lowest BCUT2D eigenvalue weighted by Crippen LogP contribution is -2.26. The van der Waals surface area contributed by atoms with Gasteiger partial charge in [-0.25, -0.2) is 0 Å². The van der Waals surface area contributed by atoms with E-state index in [1.165, 1.54) is 0 Å². The van der Waals surface area contributed by atoms with Crippen LogP contribution in [0.4, 0.5) is 0 Å². The maximum atomic E-state index is 12.3. The normalized spacial score (nSPS) is 10.6. The van der Waals surface area contributed by atoms with Crippen LogP contribution in [0.2, 0.25) is 0 Å². The van der Waals surface area contributed by atoms with Crippen LogP contribution in [0.1, 0.15) is 39.9 Å². The molecule has 0 atom stereocenters. The number of hydrogen-bond acceptors (Lipinski definition) is 3. The van der Waals surface area contributed by atoms with Crippen LogP contribution in [-0.2, 0) is 18.4 Å². The van der Waals surface area contributed by atoms with E-state index >= 15 is 0 Å². The van der Waals surface area contributed by atoms with E-state index in [1.54, 1.807) is 22.8 Å². The van der Waals surface area contributed by atoms with Crippen molar-refractivity contribution in [3.05, 3.63) is 52.8 Å². The van der Waals surface area contributed by atoms with E-state index in [1.807, 2.05) is 45.3 Å². The van der Waals surface area contributed by atoms with Crippen molar-refractivity contribution < 1.29 is 9.59 Å². The summed E-state index contributed by atoms with van der Waals surface area (Å²) >= 11 is 0. The highest BCUT2D eigenvalue weighted by Gasteiger charge is 2.15. The smallest absolute Gasteiger partial charge is 0.223 e. The number of benzene rings is 1. The van der Waals surface area contributed by atoms with Crippen LogP contribution in [0, 0.1) is 13.8 Å². The van der Waals surface area contributed by atoms with Gasteiger partial charge in [-0.15, -0.1) is 0 Å². The van der Waals surface area contributed by atoms with Gasteiger partial charge in [-0.05, 0) is 25.5 Å². The van der Waals surface area contributed by atoms with Gasteiger partial charge in [0.1, 0.15) is 0 Å². The number of Topliss-reactive ketones (excluding diaryl/α,β-unsaturated/α-hetero) is 1. The van der Waals surface area contributed by atoms with Crippen LogP contribution in [0.25, 0.3) is 0 Å². The van der Waals surface area contributed by atoms with Gasteiger partial charge in [0.25, 0.3) is 0 Å². The van der Waals surface area contributed by atoms with E-state index in [9.17, 15) is 9.59 Å². The quantitative estimate of drug-likeness (QED) is 0.770. The van der Waals surface area contributed by atoms with E-state index in [-0.39, 0.29) is 24.5 Å². The van der Waals surface area contributed by atoms with Gasteiger partial charge in [0.15, 0.2) is 5.78 Å². The first-order valence-electron chi connectivity index (χ1n) is 7.68. The van der Waals surface area contributed by atoms with E-state index in [0.29, 0.717) is 12.1 Å². The molecule has 5 nitrogen and oxygen atoms in total. The second-order valence-corrected chi connectivity index (χ2v) is 6.01. The number of ketones is 1. The molecule has 0 aliphatic rings. The van der Waals surface area contributed by atoms with Gasteiger partial charge in [0, 0.05) is 50.8 Å². The second kappa shape index (κ2) is 7.22. The summed E-state index contributed by atoms with van der Waals surface area (Å²) in [6.07, 6.45) is 4.08. The van der Waals surface area contributed by atoms with Crippen LogP contribution in [0.15, 0.2) is 30.6 Å². The Morgan fingerprint density at radius 2 is 1.96 bits per heavy atom. The second-order valence-electron chi connectivity index (χ2n) is 6.01. The van der Waals surface area contributed by atoms with Crippen molar-refractivity contribution in [2.75, 3.05) is 7.05 Å². The number of carbonyl (C=O) groups excluding carboxylic acids is 2. The van der Waals surface area contributed by atoms with E-state index in [4.69, 9.17) is 0 Å². The molecule has 0 aliphatic heterocycles. The third-order valence-corrected chi connectivity index (χ3v) is 3.86. The highest BCUT2D eigenvalue weighted by Crippen LogP contribution is 2.14. The summed E-state index contributed by atoms with van der Waals surface area (Å²) in [6, 6.07) is 5.82. The summed E-state index contributed by atoms with van der Waals surface area (Å²) in [5, 5.41) is 4.09. The van der Waals surface area contributed by atoms with Gasteiger partial charge in [-0.1, -0.05) is 17.7 Å². The Kier molecular flexibility index (Phi) is 5.32. The molecule has 0 bridgehead atoms. The molecule has 2 aromatic rings. The average Bonchev–Trinajstić information content (AvgIpc) is 2.91. The Bertz CT molecular complexity index is 719. The molecule has 0 unspecified atom stereocenters. The molecular formula is C18H23N3O2. The summed E-state index contributed by atoms with van der Waals surface area (Å²) in [4.78, 5) is 26.1. The van der Waals surface area contributed by atoms with Crippen LogP contribution >= 0.6 is 0 Å². The van der Waals surface area contributed by atoms with E-state index < -0.39 is 0 Å². The van der Waals surface area contributed by atoms with Crippen molar-refractivity contribution in [3.63, 3.8) is 0 Å². The summed E-state index contributed by atoms with van der Waals surface area (Å²) in [5.74, 6) is -0.0122. The average molecular weight is 313 g/mol. The lowest BCUT2D eigenvalue weighted by atomic mass is 9.99. The van der Waals surface area contributed by atoms with Crippen molar-refractivity contribution in [2.45, 2.75) is 33.2 Å². The van der Waals surface area contributed by atoms with Crippen LogP contribution < -0.4 is 0 Å². The zero-order chi connectivity index (χ0) is 17.0. The number of aryl methyl sites for hydroxylation is 3. The van der Waals surface area contributed by atoms with Gasteiger partial charge >= 0.3 is 0 Å². The molecule has 0 spiro atoms. The van der Waals surface area contributed by atoms with E-state index in [0.717, 1.165) is 16.7 Å². The Morgan fingerprint density at radius 3 is 2.61 bits per heavy atom. The molecule has 0 fully saturated rings. The van der Waals surface area contributed by atoms with Crippen LogP contribution in [-0.4, -0.2) is 33.4 Å². The highest BCUT2D eigenvalue weighted by atomic mass is 16.2. The Balaban J connectivity index is 1.90. The molecule has 1 aromatic heterocycles. The fraction of sp³-hybridized carbons (Fsp3) is 0.389. The molecule has 1 amide bonds. The molecule has 0 aliphatic carbocycles. The molecule has 5 heteroatoms. The lowest BCUT2D eigenvalue weighted by Gasteiger charge is -2.16. The maximum Gasteiger partial charge on any atom is 0.223 e. The fourth-order valence-electron chi connectivity index (χ4n) is 2.50. The number of hydrogen-bond donors (Lipinski definition) is 0. The molecule has 1 heterocycles. The molecule has 1 aromatic carbocycles. The third kappa shape index (κ3) is 4.52. The zero-order valence-electron chi connectivity index (χ0n) is 14.2. The van der Waals surface area contributed by atoms with Gasteiger partial charge in [0.05, 0.1) is 6.20 Å². The summed E-state index contributed by atoms with van der Waals surface area (Å²) in [6.45, 7) is 4.39. The van der Waals surface area contributed by atoms with E-state index in [2.05, 4.69) is 5.10 Å². The molecule has 0 saturated heterocycles. The Labute approximate surface area is 136 Å². The maximum absolute atomic E-state index is 12.3. The summed E-state index contributed by atoms with van der Waals surface area (Å²) < 4.78 is 1.71. The molecule has 2 rings (SSSR count). The van der Waals surface area contributed by atoms with Crippen LogP contribution in [0.5, 0.6) is 0 Å². The molecule has 122 valence electrons. The molecule has 0 saturated carbocycles. The number of aromatic nitrogens is 2. The number of carbonyl (C=O) groups is 2. The van der Waals surface area contributed by atoms with Crippen molar-refractivity contribution in [1.29, 1.82) is 0 Å². The number of nitrogens with zero attached hydrogens (tertiary/aromatic N) is 3. The minimum atomic E-state index is -0.0347. The monoisotopic (exact) mass is 313 g/mol. The van der Waals surface area contributed by atoms with Gasteiger partial charge in [-0.2, -0.15) is 5.10 Å². The standard InChI is InChI=1S/C18H23N3O2/c1-13-5-6-14(2)16(9-13)17(22)7-8-18(23)20(3)11-15-10-19-21(4)12-15/h5-6,9-10,12H,7-8,11H2,1-4H3. The largest absolute Gasteiger partial charge is 0.341 e. The predicted octanol–water partition coefficient (Wildman–Crippen LogP) is 2.66. The Hall–Kier alpha value is -2.43. The first kappa shape index (κ1) is 16.9. The highest BCUT2D eigenvalue weighted by molar-refractivity contribution is 5.99. The number of rotatable bonds is 6. The predicted molar refractivity (Wildman–Crippen MR) is 89.2 cm³/mol. The minimum absolute atomic E-state index is 0.0225. The lowest BCUT2D eigenvalue weighted by molar-refractivity contribution is -0.130. The van der Waals surface area contributed by atoms with Gasteiger partial charge in [-0.3, -0.25) is 14.3 Å². The fourth-order valence-corrected chi connectivity index (χ4v) is 2.50. The molecule has 0 N–H and O–H groups in total. The van der Waals surface area contributed by atoms with Gasteiger partial charge < -0.3 is 4.90 Å². The zero-order valence-corrected chi connectivity index (χ0v) is 14.2. The molecule has 23 heavy (non-hydrogen) atoms. The summed E-state index contributed by atoms with van der Waals surface area (Å²) in [7, 11) is 3.59. The van der Waals surface area contributed by atoms with Crippen LogP contribution in [0.3, 0.4) is 0 Å². The SMILES string of the molecule is Cc1ccc(C)c(C(=O)CCC(=O)N(C)Cc2cnn(C)c2)c1. The van der Waals surface area contributed by atoms with Crippen molar-refractivity contribution in [2.24, 2.45) is 7.05 Å². The number of amides is 1. The minimum Gasteiger partial charge on any atom is -0.341 e. The Morgan fingerprint density at radius 1 is 1.22 bits per heavy atom. The van der Waals surface area contributed by atoms with Gasteiger partial charge in [0.2, 0.25) is 5.91 Å². The first-order valence-corrected chi connectivity index (χ1v) is 7.68. The first-order chi connectivity index (χ1) is 10.9. The third-order valence-electron chi connectivity index (χ3n) is 3.86. The molecular weight excluding hydrogens is 290 g/mol. The topological polar surface area (TPSA) is 55.2 Å².